The summed E-state index contributed by atoms with van der Waals surface area (Å²) in [6, 6.07) is 7.92. The van der Waals surface area contributed by atoms with E-state index in [0.29, 0.717) is 10.8 Å². The van der Waals surface area contributed by atoms with E-state index in [4.69, 9.17) is 22.1 Å². The Morgan fingerprint density at radius 2 is 2.16 bits per heavy atom. The number of fused-ring (bicyclic) bond motifs is 1. The number of nitrogens with two attached hydrogens (primary N) is 1. The molecule has 1 unspecified atom stereocenters. The quantitative estimate of drug-likeness (QED) is 0.930. The monoisotopic (exact) mass is 293 g/mol. The zero-order valence-electron chi connectivity index (χ0n) is 10.8. The number of aryl methyl sites for hydroxylation is 2. The van der Waals surface area contributed by atoms with E-state index < -0.39 is 0 Å². The van der Waals surface area contributed by atoms with Gasteiger partial charge in [-0.25, -0.2) is 0 Å². The molecule has 2 nitrogen and oxygen atoms in total. The van der Waals surface area contributed by atoms with E-state index in [1.165, 1.54) is 34.6 Å². The van der Waals surface area contributed by atoms with E-state index in [9.17, 15) is 0 Å². The molecule has 0 fully saturated rings. The van der Waals surface area contributed by atoms with Crippen LogP contribution in [0.4, 0.5) is 0 Å². The van der Waals surface area contributed by atoms with Crippen molar-refractivity contribution in [1.29, 1.82) is 0 Å². The average Bonchev–Trinajstić information content (AvgIpc) is 2.98. The van der Waals surface area contributed by atoms with Crippen LogP contribution in [0.3, 0.4) is 0 Å². The van der Waals surface area contributed by atoms with Crippen molar-refractivity contribution < 1.29 is 4.74 Å². The molecule has 100 valence electrons. The number of thiophene rings is 1. The second-order valence-electron chi connectivity index (χ2n) is 4.82. The molecule has 0 aliphatic heterocycles. The molecule has 2 aromatic rings. The highest BCUT2D eigenvalue weighted by Gasteiger charge is 2.19. The second-order valence-corrected chi connectivity index (χ2v) is 6.40. The maximum atomic E-state index is 6.35. The lowest BCUT2D eigenvalue weighted by Crippen LogP contribution is -2.10. The first-order valence-corrected chi connectivity index (χ1v) is 7.59. The van der Waals surface area contributed by atoms with Crippen molar-refractivity contribution in [1.82, 2.24) is 0 Å². The Kier molecular flexibility index (Phi) is 3.52. The molecule has 0 amide bonds. The van der Waals surface area contributed by atoms with Crippen molar-refractivity contribution in [2.24, 2.45) is 5.73 Å². The first kappa shape index (κ1) is 13.0. The molecule has 1 aromatic carbocycles. The lowest BCUT2D eigenvalue weighted by atomic mass is 10.1. The van der Waals surface area contributed by atoms with Crippen molar-refractivity contribution in [3.05, 3.63) is 50.2 Å². The van der Waals surface area contributed by atoms with Crippen LogP contribution in [-0.4, -0.2) is 7.11 Å². The molecule has 3 rings (SSSR count). The number of benzene rings is 1. The van der Waals surface area contributed by atoms with Gasteiger partial charge < -0.3 is 10.5 Å². The van der Waals surface area contributed by atoms with E-state index in [-0.39, 0.29) is 6.04 Å². The smallest absolute Gasteiger partial charge is 0.137 e. The van der Waals surface area contributed by atoms with Gasteiger partial charge in [-0.1, -0.05) is 17.7 Å². The third kappa shape index (κ3) is 2.38. The summed E-state index contributed by atoms with van der Waals surface area (Å²) in [5.74, 6) is 0.686. The molecule has 0 saturated heterocycles. The first-order valence-electron chi connectivity index (χ1n) is 6.39. The number of methoxy groups -OCH3 is 1. The highest BCUT2D eigenvalue weighted by molar-refractivity contribution is 7.12. The number of rotatable bonds is 3. The molecule has 0 radical (unpaired) electrons. The van der Waals surface area contributed by atoms with Gasteiger partial charge in [-0.05, 0) is 48.6 Å². The molecule has 1 atom stereocenters. The van der Waals surface area contributed by atoms with Crippen molar-refractivity contribution >= 4 is 22.9 Å². The Hall–Kier alpha value is -1.03. The molecular formula is C15H16ClNOS. The average molecular weight is 294 g/mol. The van der Waals surface area contributed by atoms with E-state index in [1.54, 1.807) is 7.11 Å². The molecule has 1 heterocycles. The normalized spacial score (nSPS) is 15.3. The molecule has 2 N–H and O–H groups in total. The van der Waals surface area contributed by atoms with Crippen molar-refractivity contribution in [3.63, 3.8) is 0 Å². The molecule has 1 aliphatic carbocycles. The number of hydrogen-bond donors (Lipinski definition) is 1. The largest absolute Gasteiger partial charge is 0.495 e. The first-order chi connectivity index (χ1) is 9.19. The molecule has 4 heteroatoms. The van der Waals surface area contributed by atoms with Gasteiger partial charge in [-0.15, -0.1) is 11.3 Å². The van der Waals surface area contributed by atoms with E-state index in [0.717, 1.165) is 5.56 Å². The van der Waals surface area contributed by atoms with Gasteiger partial charge in [0.1, 0.15) is 5.75 Å². The van der Waals surface area contributed by atoms with E-state index >= 15 is 0 Å². The van der Waals surface area contributed by atoms with Gasteiger partial charge >= 0.3 is 0 Å². The van der Waals surface area contributed by atoms with Crippen LogP contribution in [-0.2, 0) is 12.8 Å². The van der Waals surface area contributed by atoms with Gasteiger partial charge in [0.05, 0.1) is 18.2 Å². The fraction of sp³-hybridized carbons (Fsp3) is 0.333. The van der Waals surface area contributed by atoms with Crippen LogP contribution < -0.4 is 10.5 Å². The molecular weight excluding hydrogens is 278 g/mol. The number of ether oxygens (including phenoxy) is 1. The summed E-state index contributed by atoms with van der Waals surface area (Å²) in [6.45, 7) is 0. The lowest BCUT2D eigenvalue weighted by molar-refractivity contribution is 0.415. The van der Waals surface area contributed by atoms with Gasteiger partial charge in [0.25, 0.3) is 0 Å². The molecule has 1 aliphatic rings. The van der Waals surface area contributed by atoms with Crippen molar-refractivity contribution in [2.45, 2.75) is 25.3 Å². The summed E-state index contributed by atoms with van der Waals surface area (Å²) in [4.78, 5) is 2.73. The fourth-order valence-corrected chi connectivity index (χ4v) is 4.10. The molecule has 0 saturated carbocycles. The molecule has 0 spiro atoms. The van der Waals surface area contributed by atoms with Crippen LogP contribution in [0, 0.1) is 0 Å². The number of halogens is 1. The Morgan fingerprint density at radius 3 is 2.84 bits per heavy atom. The summed E-state index contributed by atoms with van der Waals surface area (Å²) in [7, 11) is 1.62. The number of hydrogen-bond acceptors (Lipinski definition) is 3. The van der Waals surface area contributed by atoms with Crippen molar-refractivity contribution in [3.8, 4) is 5.75 Å². The topological polar surface area (TPSA) is 35.2 Å². The highest BCUT2D eigenvalue weighted by atomic mass is 35.5. The van der Waals surface area contributed by atoms with Crippen molar-refractivity contribution in [2.75, 3.05) is 7.11 Å². The molecule has 0 bridgehead atoms. The Morgan fingerprint density at radius 1 is 1.32 bits per heavy atom. The third-order valence-corrected chi connectivity index (χ3v) is 5.22. The maximum absolute atomic E-state index is 6.35. The van der Waals surface area contributed by atoms with Crippen LogP contribution in [0.15, 0.2) is 24.3 Å². The van der Waals surface area contributed by atoms with Crippen LogP contribution in [0.5, 0.6) is 5.75 Å². The Bertz CT molecular complexity index is 587. The van der Waals surface area contributed by atoms with Gasteiger partial charge in [-0.3, -0.25) is 0 Å². The highest BCUT2D eigenvalue weighted by Crippen LogP contribution is 2.36. The standard InChI is InChI=1S/C15H16ClNOS/c1-18-12-6-5-10(7-11(12)16)15(17)14-8-9-3-2-4-13(9)19-14/h5-8,15H,2-4,17H2,1H3. The summed E-state index contributed by atoms with van der Waals surface area (Å²) >= 11 is 8.00. The van der Waals surface area contributed by atoms with Crippen LogP contribution in [0.25, 0.3) is 0 Å². The Labute approximate surface area is 122 Å². The van der Waals surface area contributed by atoms with E-state index in [1.807, 2.05) is 29.5 Å². The predicted molar refractivity (Wildman–Crippen MR) is 80.4 cm³/mol. The second kappa shape index (κ2) is 5.16. The Balaban J connectivity index is 1.90. The summed E-state index contributed by atoms with van der Waals surface area (Å²) in [5, 5.41) is 0.611. The fourth-order valence-electron chi connectivity index (χ4n) is 2.55. The van der Waals surface area contributed by atoms with Crippen LogP contribution in [0.2, 0.25) is 5.02 Å². The minimum Gasteiger partial charge on any atom is -0.495 e. The lowest BCUT2D eigenvalue weighted by Gasteiger charge is -2.12. The maximum Gasteiger partial charge on any atom is 0.137 e. The minimum absolute atomic E-state index is 0.0981. The van der Waals surface area contributed by atoms with Gasteiger partial charge in [0.2, 0.25) is 0 Å². The SMILES string of the molecule is COc1ccc(C(N)c2cc3c(s2)CCC3)cc1Cl. The van der Waals surface area contributed by atoms with Gasteiger partial charge in [-0.2, -0.15) is 0 Å². The predicted octanol–water partition coefficient (Wildman–Crippen LogP) is 3.95. The van der Waals surface area contributed by atoms with Crippen LogP contribution in [0.1, 0.15) is 33.3 Å². The summed E-state index contributed by atoms with van der Waals surface area (Å²) in [6.07, 6.45) is 3.68. The summed E-state index contributed by atoms with van der Waals surface area (Å²) in [5.41, 5.74) is 8.86. The zero-order chi connectivity index (χ0) is 13.4. The summed E-state index contributed by atoms with van der Waals surface area (Å²) < 4.78 is 5.17. The molecule has 1 aromatic heterocycles. The zero-order valence-corrected chi connectivity index (χ0v) is 12.4. The third-order valence-electron chi connectivity index (χ3n) is 3.61. The van der Waals surface area contributed by atoms with E-state index in [2.05, 4.69) is 6.07 Å². The minimum atomic E-state index is -0.0981. The van der Waals surface area contributed by atoms with Crippen LogP contribution >= 0.6 is 22.9 Å². The van der Waals surface area contributed by atoms with Gasteiger partial charge in [0.15, 0.2) is 0 Å². The van der Waals surface area contributed by atoms with Gasteiger partial charge in [0, 0.05) is 9.75 Å². The molecule has 19 heavy (non-hydrogen) atoms.